The smallest absolute Gasteiger partial charge is 0.477 e. The fourth-order valence-electron chi connectivity index (χ4n) is 4.62. The second-order valence-electron chi connectivity index (χ2n) is 9.43. The SMILES string of the molecule is Nc1nc(/C(=N/OC(=O)C(F)(F)F)C(=O)N[C@@H]2C(=O)N3C(C(=O)O)=C(/C=C4\CCCN(C5CC5)C4=O)CS[C@H]23)cs1. The number of aromatic nitrogens is 1. The number of likely N-dealkylation sites (tertiary alicyclic amines) is 1. The molecule has 2 saturated heterocycles. The number of allylic oxidation sites excluding steroid dienone is 1. The Morgan fingerprint density at radius 1 is 1.27 bits per heavy atom. The van der Waals surface area contributed by atoms with E-state index in [2.05, 4.69) is 20.3 Å². The zero-order chi connectivity index (χ0) is 29.6. The molecule has 5 rings (SSSR count). The summed E-state index contributed by atoms with van der Waals surface area (Å²) in [6.07, 6.45) is -0.788. The molecule has 0 aromatic carbocycles. The molecule has 0 bridgehead atoms. The monoisotopic (exact) mass is 614 g/mol. The molecule has 41 heavy (non-hydrogen) atoms. The van der Waals surface area contributed by atoms with Crippen molar-refractivity contribution in [2.75, 3.05) is 18.0 Å². The molecule has 3 fully saturated rings. The maximum Gasteiger partial charge on any atom is 0.493 e. The number of carbonyl (C=O) groups excluding carboxylic acids is 4. The number of oxime groups is 1. The van der Waals surface area contributed by atoms with E-state index in [-0.39, 0.29) is 39.8 Å². The second kappa shape index (κ2) is 10.8. The number of hydrogen-bond acceptors (Lipinski definition) is 11. The van der Waals surface area contributed by atoms with Gasteiger partial charge in [-0.2, -0.15) is 13.2 Å². The first-order chi connectivity index (χ1) is 19.4. The molecule has 1 aliphatic carbocycles. The number of piperidine rings is 1. The lowest BCUT2D eigenvalue weighted by Crippen LogP contribution is -2.71. The highest BCUT2D eigenvalue weighted by Crippen LogP contribution is 2.41. The van der Waals surface area contributed by atoms with Crippen molar-refractivity contribution in [2.45, 2.75) is 49.3 Å². The molecule has 218 valence electrons. The van der Waals surface area contributed by atoms with Gasteiger partial charge in [-0.15, -0.1) is 23.1 Å². The molecule has 4 N–H and O–H groups in total. The van der Waals surface area contributed by atoms with Crippen LogP contribution in [0.3, 0.4) is 0 Å². The second-order valence-corrected chi connectivity index (χ2v) is 11.4. The van der Waals surface area contributed by atoms with Gasteiger partial charge in [0, 0.05) is 29.3 Å². The first-order valence-electron chi connectivity index (χ1n) is 12.2. The van der Waals surface area contributed by atoms with Crippen molar-refractivity contribution in [1.29, 1.82) is 0 Å². The van der Waals surface area contributed by atoms with Crippen LogP contribution in [0.4, 0.5) is 18.3 Å². The summed E-state index contributed by atoms with van der Waals surface area (Å²) in [6.45, 7) is 0.642. The highest BCUT2D eigenvalue weighted by molar-refractivity contribution is 8.00. The maximum atomic E-state index is 13.1. The van der Waals surface area contributed by atoms with Crippen molar-refractivity contribution in [1.82, 2.24) is 20.1 Å². The van der Waals surface area contributed by atoms with Crippen LogP contribution >= 0.6 is 23.1 Å². The normalized spacial score (nSPS) is 24.3. The number of halogens is 3. The number of nitrogens with zero attached hydrogens (tertiary/aromatic N) is 4. The number of rotatable bonds is 7. The van der Waals surface area contributed by atoms with E-state index >= 15 is 0 Å². The maximum absolute atomic E-state index is 13.1. The number of nitrogen functional groups attached to an aromatic ring is 1. The Bertz CT molecular complexity index is 1430. The van der Waals surface area contributed by atoms with Gasteiger partial charge in [0.1, 0.15) is 22.8 Å². The molecular formula is C23H21F3N6O7S2. The minimum atomic E-state index is -5.39. The highest BCUT2D eigenvalue weighted by atomic mass is 32.2. The molecule has 13 nitrogen and oxygen atoms in total. The van der Waals surface area contributed by atoms with E-state index in [9.17, 15) is 42.3 Å². The van der Waals surface area contributed by atoms with Gasteiger partial charge >= 0.3 is 18.1 Å². The summed E-state index contributed by atoms with van der Waals surface area (Å²) < 4.78 is 37.7. The zero-order valence-corrected chi connectivity index (χ0v) is 22.5. The van der Waals surface area contributed by atoms with Gasteiger partial charge in [0.05, 0.1) is 0 Å². The van der Waals surface area contributed by atoms with Crippen LogP contribution in [-0.4, -0.2) is 91.2 Å². The number of hydrogen-bond donors (Lipinski definition) is 3. The molecule has 0 radical (unpaired) electrons. The lowest BCUT2D eigenvalue weighted by molar-refractivity contribution is -0.199. The highest BCUT2D eigenvalue weighted by Gasteiger charge is 2.54. The van der Waals surface area contributed by atoms with Crippen molar-refractivity contribution < 1.29 is 47.1 Å². The Balaban J connectivity index is 1.35. The number of anilines is 1. The number of alkyl halides is 3. The van der Waals surface area contributed by atoms with Gasteiger partial charge < -0.3 is 25.9 Å². The molecule has 2 atom stereocenters. The molecule has 18 heteroatoms. The van der Waals surface area contributed by atoms with Gasteiger partial charge in [-0.3, -0.25) is 19.3 Å². The third-order valence-electron chi connectivity index (χ3n) is 6.63. The van der Waals surface area contributed by atoms with Crippen LogP contribution in [0.5, 0.6) is 0 Å². The number of carboxylic acids is 1. The van der Waals surface area contributed by atoms with Crippen molar-refractivity contribution in [2.24, 2.45) is 5.16 Å². The summed E-state index contributed by atoms with van der Waals surface area (Å²) in [4.78, 5) is 72.7. The Kier molecular flexibility index (Phi) is 7.54. The molecule has 0 spiro atoms. The molecule has 3 aliphatic heterocycles. The van der Waals surface area contributed by atoms with E-state index in [1.54, 1.807) is 4.90 Å². The molecule has 1 aromatic heterocycles. The minimum Gasteiger partial charge on any atom is -0.477 e. The van der Waals surface area contributed by atoms with Gasteiger partial charge in [0.15, 0.2) is 10.8 Å². The summed E-state index contributed by atoms with van der Waals surface area (Å²) in [5.41, 5.74) is 4.78. The van der Waals surface area contributed by atoms with E-state index in [4.69, 9.17) is 5.73 Å². The molecular weight excluding hydrogens is 593 g/mol. The fourth-order valence-corrected chi connectivity index (χ4v) is 6.47. The van der Waals surface area contributed by atoms with Crippen molar-refractivity contribution in [3.63, 3.8) is 0 Å². The van der Waals surface area contributed by atoms with Crippen LogP contribution in [0.2, 0.25) is 0 Å². The van der Waals surface area contributed by atoms with Crippen molar-refractivity contribution in [3.05, 3.63) is 34.0 Å². The van der Waals surface area contributed by atoms with Gasteiger partial charge in [0.25, 0.3) is 11.8 Å². The van der Waals surface area contributed by atoms with Gasteiger partial charge in [0.2, 0.25) is 5.91 Å². The first kappa shape index (κ1) is 28.6. The number of nitrogens with two attached hydrogens (primary N) is 1. The number of nitrogens with one attached hydrogen (secondary N) is 1. The van der Waals surface area contributed by atoms with E-state index in [0.717, 1.165) is 47.3 Å². The number of thiazole rings is 1. The molecule has 0 unspecified atom stereocenters. The topological polar surface area (TPSA) is 185 Å². The van der Waals surface area contributed by atoms with E-state index in [1.807, 2.05) is 0 Å². The molecule has 1 saturated carbocycles. The lowest BCUT2D eigenvalue weighted by Gasteiger charge is -2.49. The summed E-state index contributed by atoms with van der Waals surface area (Å²) in [7, 11) is 0. The lowest BCUT2D eigenvalue weighted by atomic mass is 9.98. The number of carboxylic acid groups (broad SMARTS) is 1. The largest absolute Gasteiger partial charge is 0.493 e. The standard InChI is InChI=1S/C23H21F3N6O7S2/c24-23(25,26)21(38)39-30-13(12-8-41-22(27)28-12)16(33)29-14-18(35)32-15(20(36)37)10(7-40-19(14)32)6-9-2-1-5-31(17(9)34)11-3-4-11/h6,8,11,14,19H,1-5,7H2,(H2,27,28)(H,29,33)(H,36,37)/b9-6+,30-13-/t14-,19-/m1/s1. The van der Waals surface area contributed by atoms with E-state index in [1.165, 1.54) is 11.5 Å². The number of fused-ring (bicyclic) bond motifs is 1. The fraction of sp³-hybridized carbons (Fsp3) is 0.435. The van der Waals surface area contributed by atoms with Gasteiger partial charge in [-0.05, 0) is 37.3 Å². The van der Waals surface area contributed by atoms with Crippen molar-refractivity contribution in [3.8, 4) is 0 Å². The summed E-state index contributed by atoms with van der Waals surface area (Å²) >= 11 is 1.96. The first-order valence-corrected chi connectivity index (χ1v) is 14.1. The predicted octanol–water partition coefficient (Wildman–Crippen LogP) is 0.985. The van der Waals surface area contributed by atoms with E-state index < -0.39 is 47.1 Å². The molecule has 3 amide bonds. The summed E-state index contributed by atoms with van der Waals surface area (Å²) in [5.74, 6) is -6.14. The zero-order valence-electron chi connectivity index (χ0n) is 20.8. The summed E-state index contributed by atoms with van der Waals surface area (Å²) in [5, 5.41) is 15.5. The minimum absolute atomic E-state index is 0.0639. The molecule has 1 aromatic rings. The average molecular weight is 615 g/mol. The summed E-state index contributed by atoms with van der Waals surface area (Å²) in [6, 6.07) is -1.08. The van der Waals surface area contributed by atoms with E-state index in [0.29, 0.717) is 18.5 Å². The van der Waals surface area contributed by atoms with Crippen LogP contribution < -0.4 is 11.1 Å². The Labute approximate surface area is 237 Å². The molecule has 4 aliphatic rings. The van der Waals surface area contributed by atoms with Crippen LogP contribution in [0.25, 0.3) is 0 Å². The molecule has 4 heterocycles. The van der Waals surface area contributed by atoms with Gasteiger partial charge in [-0.25, -0.2) is 14.6 Å². The van der Waals surface area contributed by atoms with Gasteiger partial charge in [-0.1, -0.05) is 5.16 Å². The third kappa shape index (κ3) is 5.65. The number of aliphatic carboxylic acids is 1. The van der Waals surface area contributed by atoms with Crippen LogP contribution in [0.1, 0.15) is 31.4 Å². The number of carbonyl (C=O) groups is 5. The van der Waals surface area contributed by atoms with Crippen LogP contribution in [-0.2, 0) is 28.8 Å². The van der Waals surface area contributed by atoms with Crippen LogP contribution in [0.15, 0.2) is 33.5 Å². The Hall–Kier alpha value is -3.93. The quantitative estimate of drug-likeness (QED) is 0.132. The van der Waals surface area contributed by atoms with Crippen molar-refractivity contribution >= 4 is 63.6 Å². The number of thioether (sulfide) groups is 1. The number of β-lactam (4-membered cyclic amide) rings is 1. The third-order valence-corrected chi connectivity index (χ3v) is 8.61. The Morgan fingerprint density at radius 2 is 2.00 bits per heavy atom. The number of amides is 3. The van der Waals surface area contributed by atoms with Crippen LogP contribution in [0, 0.1) is 0 Å². The Morgan fingerprint density at radius 3 is 2.61 bits per heavy atom. The predicted molar refractivity (Wildman–Crippen MR) is 137 cm³/mol. The average Bonchev–Trinajstić information content (AvgIpc) is 3.67.